The largest absolute Gasteiger partial charge is 0.493 e. The van der Waals surface area contributed by atoms with Gasteiger partial charge in [-0.3, -0.25) is 4.79 Å². The van der Waals surface area contributed by atoms with Crippen molar-refractivity contribution in [2.75, 3.05) is 20.8 Å². The first-order valence-corrected chi connectivity index (χ1v) is 9.63. The maximum Gasteiger partial charge on any atom is 0.162 e. The van der Waals surface area contributed by atoms with E-state index in [-0.39, 0.29) is 5.78 Å². The second-order valence-corrected chi connectivity index (χ2v) is 7.35. The summed E-state index contributed by atoms with van der Waals surface area (Å²) in [5.41, 5.74) is 8.97. The van der Waals surface area contributed by atoms with E-state index in [0.29, 0.717) is 41.5 Å². The molecule has 1 atom stereocenters. The lowest BCUT2D eigenvalue weighted by Crippen LogP contribution is -2.36. The van der Waals surface area contributed by atoms with E-state index in [1.807, 2.05) is 26.1 Å². The van der Waals surface area contributed by atoms with Crippen molar-refractivity contribution in [2.45, 2.75) is 32.1 Å². The molecule has 2 N–H and O–H groups in total. The summed E-state index contributed by atoms with van der Waals surface area (Å²) in [7, 11) is 3.38. The van der Waals surface area contributed by atoms with Crippen LogP contribution in [0.3, 0.4) is 0 Å². The molecule has 3 rings (SSSR count). The fourth-order valence-electron chi connectivity index (χ4n) is 3.77. The van der Waals surface area contributed by atoms with E-state index in [2.05, 4.69) is 22.0 Å². The number of nitrogens with zero attached hydrogens (tertiary/aromatic N) is 2. The molecule has 2 aliphatic rings. The van der Waals surface area contributed by atoms with Gasteiger partial charge in [0.25, 0.3) is 0 Å². The number of rotatable bonds is 4. The molecule has 0 radical (unpaired) electrons. The van der Waals surface area contributed by atoms with Gasteiger partial charge in [0.1, 0.15) is 5.82 Å². The van der Waals surface area contributed by atoms with Crippen LogP contribution in [0.15, 0.2) is 39.3 Å². The zero-order chi connectivity index (χ0) is 19.7. The maximum atomic E-state index is 12.8. The van der Waals surface area contributed by atoms with E-state index in [0.717, 1.165) is 28.6 Å². The Balaban J connectivity index is 2.25. The molecule has 27 heavy (non-hydrogen) atoms. The number of hydrogen-bond donors (Lipinski definition) is 1. The number of nitriles is 1. The van der Waals surface area contributed by atoms with Crippen LogP contribution in [0.4, 0.5) is 0 Å². The van der Waals surface area contributed by atoms with Crippen molar-refractivity contribution in [1.29, 1.82) is 5.26 Å². The molecule has 0 aromatic heterocycles. The second kappa shape index (κ2) is 7.65. The van der Waals surface area contributed by atoms with Crippen molar-refractivity contribution in [3.63, 3.8) is 0 Å². The van der Waals surface area contributed by atoms with Gasteiger partial charge in [-0.05, 0) is 37.5 Å². The molecule has 1 aliphatic carbocycles. The molecule has 0 bridgehead atoms. The quantitative estimate of drug-likeness (QED) is 0.783. The molecule has 7 heteroatoms. The number of ketones is 1. The van der Waals surface area contributed by atoms with Crippen molar-refractivity contribution in [1.82, 2.24) is 4.90 Å². The van der Waals surface area contributed by atoms with Gasteiger partial charge in [0.15, 0.2) is 17.3 Å². The minimum Gasteiger partial charge on any atom is -0.493 e. The number of halogens is 1. The van der Waals surface area contributed by atoms with E-state index in [9.17, 15) is 10.1 Å². The van der Waals surface area contributed by atoms with E-state index in [4.69, 9.17) is 15.2 Å². The van der Waals surface area contributed by atoms with Crippen LogP contribution in [-0.2, 0) is 4.79 Å². The number of methoxy groups -OCH3 is 1. The fraction of sp³-hybridized carbons (Fsp3) is 0.400. The summed E-state index contributed by atoms with van der Waals surface area (Å²) in [5, 5.41) is 9.82. The molecule has 142 valence electrons. The van der Waals surface area contributed by atoms with Crippen molar-refractivity contribution in [2.24, 2.45) is 5.73 Å². The summed E-state index contributed by atoms with van der Waals surface area (Å²) in [6, 6.07) is 5.86. The van der Waals surface area contributed by atoms with Crippen molar-refractivity contribution >= 4 is 21.7 Å². The third-order valence-electron chi connectivity index (χ3n) is 5.06. The van der Waals surface area contributed by atoms with Gasteiger partial charge in [0.2, 0.25) is 0 Å². The summed E-state index contributed by atoms with van der Waals surface area (Å²) in [5.74, 6) is 1.08. The predicted molar refractivity (Wildman–Crippen MR) is 105 cm³/mol. The Morgan fingerprint density at radius 1 is 1.37 bits per heavy atom. The number of carbonyl (C=O) groups is 1. The van der Waals surface area contributed by atoms with Crippen LogP contribution in [0.1, 0.15) is 37.7 Å². The summed E-state index contributed by atoms with van der Waals surface area (Å²) >= 11 is 3.59. The number of ether oxygens (including phenoxy) is 2. The third kappa shape index (κ3) is 3.19. The van der Waals surface area contributed by atoms with Crippen molar-refractivity contribution < 1.29 is 14.3 Å². The SMILES string of the molecule is CCOc1cc(Br)c([C@@H]2C(C#N)=C(N)N(C)C3=C2C(=O)CCC3)cc1OC. The summed E-state index contributed by atoms with van der Waals surface area (Å²) in [4.78, 5) is 14.6. The Hall–Kier alpha value is -2.46. The Morgan fingerprint density at radius 3 is 2.74 bits per heavy atom. The molecule has 6 nitrogen and oxygen atoms in total. The zero-order valence-electron chi connectivity index (χ0n) is 15.6. The molecule has 0 saturated heterocycles. The topological polar surface area (TPSA) is 88.6 Å². The molecule has 1 aliphatic heterocycles. The van der Waals surface area contributed by atoms with E-state index in [1.54, 1.807) is 12.0 Å². The maximum absolute atomic E-state index is 12.8. The minimum absolute atomic E-state index is 0.0631. The van der Waals surface area contributed by atoms with Crippen LogP contribution in [-0.4, -0.2) is 31.4 Å². The summed E-state index contributed by atoms with van der Waals surface area (Å²) in [6.07, 6.45) is 2.03. The number of Topliss-reactive ketones (excluding diaryl/α,β-unsaturated/α-hetero) is 1. The number of allylic oxidation sites excluding steroid dienone is 3. The monoisotopic (exact) mass is 431 g/mol. The number of benzene rings is 1. The van der Waals surface area contributed by atoms with Crippen LogP contribution >= 0.6 is 15.9 Å². The van der Waals surface area contributed by atoms with Gasteiger partial charge in [0, 0.05) is 29.2 Å². The van der Waals surface area contributed by atoms with Gasteiger partial charge in [0.05, 0.1) is 31.3 Å². The van der Waals surface area contributed by atoms with Crippen molar-refractivity contribution in [3.05, 3.63) is 44.8 Å². The third-order valence-corrected chi connectivity index (χ3v) is 5.75. The highest BCUT2D eigenvalue weighted by molar-refractivity contribution is 9.10. The van der Waals surface area contributed by atoms with Crippen LogP contribution in [0.25, 0.3) is 0 Å². The number of nitrogens with two attached hydrogens (primary N) is 1. The summed E-state index contributed by atoms with van der Waals surface area (Å²) in [6.45, 7) is 2.40. The van der Waals surface area contributed by atoms with E-state index >= 15 is 0 Å². The van der Waals surface area contributed by atoms with Crippen molar-refractivity contribution in [3.8, 4) is 17.6 Å². The van der Waals surface area contributed by atoms with Crippen LogP contribution < -0.4 is 15.2 Å². The first-order valence-electron chi connectivity index (χ1n) is 8.84. The molecule has 0 spiro atoms. The van der Waals surface area contributed by atoms with Gasteiger partial charge in [-0.25, -0.2) is 0 Å². The molecule has 0 amide bonds. The second-order valence-electron chi connectivity index (χ2n) is 6.50. The van der Waals surface area contributed by atoms with Crippen LogP contribution in [0.5, 0.6) is 11.5 Å². The van der Waals surface area contributed by atoms with Gasteiger partial charge < -0.3 is 20.1 Å². The Labute approximate surface area is 167 Å². The average molecular weight is 432 g/mol. The molecule has 1 aromatic rings. The van der Waals surface area contributed by atoms with Gasteiger partial charge in [-0.1, -0.05) is 15.9 Å². The van der Waals surface area contributed by atoms with E-state index < -0.39 is 5.92 Å². The van der Waals surface area contributed by atoms with E-state index in [1.165, 1.54) is 0 Å². The first-order chi connectivity index (χ1) is 12.9. The molecule has 0 saturated carbocycles. The standard InChI is InChI=1S/C20H22BrN3O3/c1-4-27-17-9-13(21)11(8-16(17)26-3)18-12(10-22)20(23)24(2)14-6-5-7-15(25)19(14)18/h8-9,18H,4-7,23H2,1-3H3/t18-/m1/s1. The Kier molecular flexibility index (Phi) is 5.47. The highest BCUT2D eigenvalue weighted by atomic mass is 79.9. The lowest BCUT2D eigenvalue weighted by atomic mass is 9.76. The number of hydrogen-bond acceptors (Lipinski definition) is 6. The highest BCUT2D eigenvalue weighted by Gasteiger charge is 2.39. The molecule has 0 unspecified atom stereocenters. The molecular weight excluding hydrogens is 410 g/mol. The lowest BCUT2D eigenvalue weighted by molar-refractivity contribution is -0.116. The predicted octanol–water partition coefficient (Wildman–Crippen LogP) is 3.59. The zero-order valence-corrected chi connectivity index (χ0v) is 17.2. The molecular formula is C20H22BrN3O3. The summed E-state index contributed by atoms with van der Waals surface area (Å²) < 4.78 is 11.8. The molecule has 1 heterocycles. The first kappa shape index (κ1) is 19.3. The van der Waals surface area contributed by atoms with Crippen LogP contribution in [0.2, 0.25) is 0 Å². The van der Waals surface area contributed by atoms with Gasteiger partial charge >= 0.3 is 0 Å². The average Bonchev–Trinajstić information content (AvgIpc) is 2.65. The lowest BCUT2D eigenvalue weighted by Gasteiger charge is -2.38. The van der Waals surface area contributed by atoms with Crippen LogP contribution in [0, 0.1) is 11.3 Å². The minimum atomic E-state index is -0.520. The normalized spacial score (nSPS) is 19.7. The molecule has 1 aromatic carbocycles. The Bertz CT molecular complexity index is 898. The fourth-order valence-corrected chi connectivity index (χ4v) is 4.32. The van der Waals surface area contributed by atoms with Gasteiger partial charge in [-0.15, -0.1) is 0 Å². The highest BCUT2D eigenvalue weighted by Crippen LogP contribution is 2.48. The van der Waals surface area contributed by atoms with Gasteiger partial charge in [-0.2, -0.15) is 5.26 Å². The Morgan fingerprint density at radius 2 is 2.11 bits per heavy atom. The smallest absolute Gasteiger partial charge is 0.162 e. The number of carbonyl (C=O) groups excluding carboxylic acids is 1. The molecule has 0 fully saturated rings.